The van der Waals surface area contributed by atoms with Gasteiger partial charge in [-0.25, -0.2) is 0 Å². The second-order valence-corrected chi connectivity index (χ2v) is 5.24. The summed E-state index contributed by atoms with van der Waals surface area (Å²) >= 11 is 0. The first-order valence-corrected chi connectivity index (χ1v) is 6.97. The molecule has 104 valence electrons. The van der Waals surface area contributed by atoms with Crippen LogP contribution < -0.4 is 5.43 Å². The van der Waals surface area contributed by atoms with Crippen LogP contribution in [0.15, 0.2) is 64.7 Å². The number of hydrogen-bond donors (Lipinski definition) is 2. The summed E-state index contributed by atoms with van der Waals surface area (Å²) in [6, 6.07) is 13.5. The molecule has 2 rings (SSSR count). The zero-order chi connectivity index (χ0) is 14.6. The first-order valence-electron chi connectivity index (χ1n) is 5.53. The highest BCUT2D eigenvalue weighted by Crippen LogP contribution is 2.15. The van der Waals surface area contributed by atoms with Crippen LogP contribution in [-0.2, 0) is 10.1 Å². The van der Waals surface area contributed by atoms with E-state index in [1.54, 1.807) is 30.3 Å². The van der Waals surface area contributed by atoms with E-state index in [1.165, 1.54) is 24.3 Å². The largest absolute Gasteiger partial charge is 0.691 e. The molecule has 20 heavy (non-hydrogen) atoms. The molecule has 0 radical (unpaired) electrons. The maximum absolute atomic E-state index is 11.6. The molecule has 0 amide bonds. The van der Waals surface area contributed by atoms with E-state index in [1.807, 2.05) is 0 Å². The van der Waals surface area contributed by atoms with Crippen molar-refractivity contribution in [3.8, 4) is 0 Å². The Morgan fingerprint density at radius 3 is 2.20 bits per heavy atom. The normalized spacial score (nSPS) is 12.2. The van der Waals surface area contributed by atoms with E-state index in [9.17, 15) is 13.6 Å². The molecule has 0 atom stereocenters. The predicted molar refractivity (Wildman–Crippen MR) is 72.0 cm³/mol. The lowest BCUT2D eigenvalue weighted by Gasteiger charge is -2.04. The first-order chi connectivity index (χ1) is 9.47. The number of rotatable bonds is 4. The van der Waals surface area contributed by atoms with Crippen LogP contribution in [0.25, 0.3) is 0 Å². The van der Waals surface area contributed by atoms with Crippen molar-refractivity contribution in [3.63, 3.8) is 0 Å². The van der Waals surface area contributed by atoms with Gasteiger partial charge in [0.1, 0.15) is 5.69 Å². The fourth-order valence-electron chi connectivity index (χ4n) is 1.42. The molecule has 0 fully saturated rings. The Hall–Kier alpha value is -2.45. The van der Waals surface area contributed by atoms with E-state index in [0.717, 1.165) is 0 Å². The molecule has 8 heteroatoms. The Labute approximate surface area is 115 Å². The first kappa shape index (κ1) is 14.0. The maximum Gasteiger partial charge on any atom is 0.294 e. The van der Waals surface area contributed by atoms with E-state index in [2.05, 4.69) is 10.6 Å². The Kier molecular flexibility index (Phi) is 3.97. The Morgan fingerprint density at radius 1 is 1.05 bits per heavy atom. The topological polar surface area (TPSA) is 105 Å². The third kappa shape index (κ3) is 3.53. The molecule has 0 saturated carbocycles. The number of hydrogen-bond acceptors (Lipinski definition) is 4. The van der Waals surface area contributed by atoms with E-state index in [-0.39, 0.29) is 4.90 Å². The summed E-state index contributed by atoms with van der Waals surface area (Å²) in [5.74, 6) is 0. The zero-order valence-electron chi connectivity index (χ0n) is 10.2. The van der Waals surface area contributed by atoms with Crippen LogP contribution in [0, 0.1) is 5.21 Å². The molecule has 0 saturated heterocycles. The van der Waals surface area contributed by atoms with Crippen molar-refractivity contribution >= 4 is 21.5 Å². The third-order valence-electron chi connectivity index (χ3n) is 2.40. The molecular formula is C12H11N3O4S. The van der Waals surface area contributed by atoms with Gasteiger partial charge >= 0.3 is 0 Å². The second kappa shape index (κ2) is 5.68. The van der Waals surface area contributed by atoms with Crippen molar-refractivity contribution in [1.29, 1.82) is 0 Å². The molecule has 0 aliphatic rings. The van der Waals surface area contributed by atoms with E-state index < -0.39 is 10.1 Å². The number of para-hydroxylation sites is 1. The van der Waals surface area contributed by atoms with Gasteiger partial charge < -0.3 is 5.21 Å². The minimum Gasteiger partial charge on any atom is -0.691 e. The van der Waals surface area contributed by atoms with Crippen molar-refractivity contribution in [2.24, 2.45) is 5.22 Å². The second-order valence-electron chi connectivity index (χ2n) is 3.82. The van der Waals surface area contributed by atoms with Crippen molar-refractivity contribution in [2.45, 2.75) is 4.90 Å². The van der Waals surface area contributed by atoms with Gasteiger partial charge in [-0.3, -0.25) is 4.55 Å². The molecule has 0 unspecified atom stereocenters. The van der Waals surface area contributed by atoms with Gasteiger partial charge in [-0.05, 0) is 36.4 Å². The molecule has 2 N–H and O–H groups in total. The number of nitrogens with one attached hydrogen (secondary N) is 1. The van der Waals surface area contributed by atoms with Gasteiger partial charge in [0, 0.05) is 0 Å². The smallest absolute Gasteiger partial charge is 0.294 e. The van der Waals surface area contributed by atoms with Crippen molar-refractivity contribution < 1.29 is 17.8 Å². The van der Waals surface area contributed by atoms with E-state index in [4.69, 9.17) is 4.55 Å². The van der Waals surface area contributed by atoms with Crippen LogP contribution in [0.2, 0.25) is 0 Å². The van der Waals surface area contributed by atoms with Crippen LogP contribution in [-0.4, -0.2) is 17.8 Å². The average Bonchev–Trinajstić information content (AvgIpc) is 2.45. The number of anilines is 1. The van der Waals surface area contributed by atoms with Crippen LogP contribution in [0.5, 0.6) is 0 Å². The molecule has 0 bridgehead atoms. The molecule has 7 nitrogen and oxygen atoms in total. The van der Waals surface area contributed by atoms with Gasteiger partial charge in [0.2, 0.25) is 0 Å². The lowest BCUT2D eigenvalue weighted by molar-refractivity contribution is -0.439. The monoisotopic (exact) mass is 293 g/mol. The molecule has 0 aliphatic heterocycles. The Morgan fingerprint density at radius 2 is 1.65 bits per heavy atom. The lowest BCUT2D eigenvalue weighted by Crippen LogP contribution is -2.00. The molecule has 0 heterocycles. The summed E-state index contributed by atoms with van der Waals surface area (Å²) in [6.07, 6.45) is 0. The molecule has 0 aliphatic carbocycles. The molecule has 2 aromatic carbocycles. The van der Waals surface area contributed by atoms with Crippen LogP contribution in [0.3, 0.4) is 0 Å². The number of benzene rings is 2. The molecule has 0 spiro atoms. The van der Waals surface area contributed by atoms with Gasteiger partial charge in [0.15, 0.2) is 5.69 Å². The zero-order valence-corrected chi connectivity index (χ0v) is 11.0. The summed E-state index contributed by atoms with van der Waals surface area (Å²) in [6.45, 7) is 0. The minimum absolute atomic E-state index is 0.231. The van der Waals surface area contributed by atoms with Crippen LogP contribution in [0.4, 0.5) is 11.4 Å². The fraction of sp³-hybridized carbons (Fsp3) is 0. The maximum atomic E-state index is 11.6. The predicted octanol–water partition coefficient (Wildman–Crippen LogP) is 2.55. The molecule has 2 aromatic rings. The third-order valence-corrected chi connectivity index (χ3v) is 3.27. The SMILES string of the molecule is O=S(=O)(O)c1ccc(NN=[N+]([O-])c2ccccc2)cc1. The highest BCUT2D eigenvalue weighted by atomic mass is 32.2. The van der Waals surface area contributed by atoms with Crippen molar-refractivity contribution in [3.05, 3.63) is 59.8 Å². The lowest BCUT2D eigenvalue weighted by atomic mass is 10.3. The molecular weight excluding hydrogens is 282 g/mol. The molecule has 0 aromatic heterocycles. The van der Waals surface area contributed by atoms with Gasteiger partial charge in [-0.2, -0.15) is 8.42 Å². The number of nitrogens with zero attached hydrogens (tertiary/aromatic N) is 2. The summed E-state index contributed by atoms with van der Waals surface area (Å²) in [5, 5.41) is 15.2. The van der Waals surface area contributed by atoms with Gasteiger partial charge in [0.25, 0.3) is 10.1 Å². The van der Waals surface area contributed by atoms with Crippen LogP contribution >= 0.6 is 0 Å². The van der Waals surface area contributed by atoms with Gasteiger partial charge in [-0.15, -0.1) is 10.3 Å². The van der Waals surface area contributed by atoms with Crippen LogP contribution in [0.1, 0.15) is 0 Å². The van der Waals surface area contributed by atoms with E-state index in [0.29, 0.717) is 16.2 Å². The van der Waals surface area contributed by atoms with Gasteiger partial charge in [0.05, 0.1) is 10.1 Å². The van der Waals surface area contributed by atoms with Crippen molar-refractivity contribution in [1.82, 2.24) is 0 Å². The Balaban J connectivity index is 2.12. The minimum atomic E-state index is -4.22. The highest BCUT2D eigenvalue weighted by molar-refractivity contribution is 7.85. The standard InChI is InChI=1S/C12H11N3O4S/c16-15(11-4-2-1-3-5-11)14-13-10-6-8-12(9-7-10)20(17,18)19/h1-9,13H,(H,17,18,19). The summed E-state index contributed by atoms with van der Waals surface area (Å²) in [7, 11) is -4.22. The van der Waals surface area contributed by atoms with Gasteiger partial charge in [-0.1, -0.05) is 18.2 Å². The fourth-order valence-corrected chi connectivity index (χ4v) is 1.90. The quantitative estimate of drug-likeness (QED) is 0.390. The summed E-state index contributed by atoms with van der Waals surface area (Å²) in [5.41, 5.74) is 3.25. The Bertz CT molecular complexity index is 712. The average molecular weight is 293 g/mol. The summed E-state index contributed by atoms with van der Waals surface area (Å²) in [4.78, 5) is 0.168. The summed E-state index contributed by atoms with van der Waals surface area (Å²) < 4.78 is 30.5. The van der Waals surface area contributed by atoms with E-state index >= 15 is 0 Å². The van der Waals surface area contributed by atoms with Crippen molar-refractivity contribution in [2.75, 3.05) is 5.43 Å². The highest BCUT2D eigenvalue weighted by Gasteiger charge is 2.09.